The molecule has 0 aromatic heterocycles. The molecule has 2 N–H and O–H groups in total. The number of hydrogen-bond acceptors (Lipinski definition) is 3. The monoisotopic (exact) mass is 254 g/mol. The molecule has 0 bridgehead atoms. The van der Waals surface area contributed by atoms with E-state index in [0.29, 0.717) is 6.42 Å². The first-order valence-electron chi connectivity index (χ1n) is 6.20. The van der Waals surface area contributed by atoms with Crippen LogP contribution in [0.4, 0.5) is 4.39 Å². The van der Waals surface area contributed by atoms with Gasteiger partial charge in [-0.3, -0.25) is 0 Å². The van der Waals surface area contributed by atoms with Crippen molar-refractivity contribution < 1.29 is 9.50 Å². The van der Waals surface area contributed by atoms with Gasteiger partial charge in [-0.2, -0.15) is 0 Å². The predicted molar refractivity (Wildman–Crippen MR) is 72.2 cm³/mol. The van der Waals surface area contributed by atoms with Gasteiger partial charge in [0.25, 0.3) is 0 Å². The maximum absolute atomic E-state index is 13.1. The number of nitrogens with one attached hydrogen (secondary N) is 1. The molecule has 0 spiro atoms. The van der Waals surface area contributed by atoms with E-state index in [2.05, 4.69) is 10.2 Å². The molecular weight excluding hydrogens is 231 g/mol. The Kier molecular flexibility index (Phi) is 5.72. The van der Waals surface area contributed by atoms with Gasteiger partial charge in [-0.1, -0.05) is 12.1 Å². The van der Waals surface area contributed by atoms with Crippen molar-refractivity contribution in [1.29, 1.82) is 0 Å². The van der Waals surface area contributed by atoms with Gasteiger partial charge in [-0.15, -0.1) is 0 Å². The Morgan fingerprint density at radius 3 is 2.67 bits per heavy atom. The van der Waals surface area contributed by atoms with E-state index in [1.807, 2.05) is 27.1 Å². The van der Waals surface area contributed by atoms with E-state index in [9.17, 15) is 9.50 Å². The molecular formula is C14H23FN2O. The second-order valence-electron chi connectivity index (χ2n) is 5.26. The number of halogens is 1. The van der Waals surface area contributed by atoms with Crippen LogP contribution < -0.4 is 5.32 Å². The van der Waals surface area contributed by atoms with Gasteiger partial charge in [0.1, 0.15) is 5.82 Å². The first-order valence-corrected chi connectivity index (χ1v) is 6.20. The Labute approximate surface area is 109 Å². The Morgan fingerprint density at radius 1 is 1.39 bits per heavy atom. The van der Waals surface area contributed by atoms with E-state index >= 15 is 0 Å². The smallest absolute Gasteiger partial charge is 0.123 e. The minimum absolute atomic E-state index is 0.0247. The Bertz CT molecular complexity index is 371. The summed E-state index contributed by atoms with van der Waals surface area (Å²) in [6.45, 7) is 3.67. The zero-order valence-electron chi connectivity index (χ0n) is 11.4. The Morgan fingerprint density at radius 2 is 2.11 bits per heavy atom. The molecule has 1 aromatic rings. The second-order valence-corrected chi connectivity index (χ2v) is 5.26. The number of aliphatic hydroxyl groups is 1. The molecule has 0 heterocycles. The van der Waals surface area contributed by atoms with Crippen molar-refractivity contribution in [3.05, 3.63) is 35.6 Å². The Balaban J connectivity index is 2.58. The summed E-state index contributed by atoms with van der Waals surface area (Å²) in [5.41, 5.74) is 0.480. The lowest BCUT2D eigenvalue weighted by atomic mass is 9.93. The normalized spacial score (nSPS) is 14.8. The van der Waals surface area contributed by atoms with Crippen LogP contribution in [0.15, 0.2) is 24.3 Å². The fraction of sp³-hybridized carbons (Fsp3) is 0.571. The lowest BCUT2D eigenvalue weighted by Gasteiger charge is -2.29. The molecule has 102 valence electrons. The minimum Gasteiger partial charge on any atom is -0.394 e. The molecule has 0 aliphatic rings. The third kappa shape index (κ3) is 5.12. The van der Waals surface area contributed by atoms with Crippen LogP contribution in [-0.2, 0) is 6.42 Å². The van der Waals surface area contributed by atoms with Gasteiger partial charge in [-0.25, -0.2) is 4.39 Å². The summed E-state index contributed by atoms with van der Waals surface area (Å²) in [5, 5.41) is 12.8. The molecule has 0 radical (unpaired) electrons. The van der Waals surface area contributed by atoms with E-state index in [1.54, 1.807) is 6.07 Å². The first kappa shape index (κ1) is 15.1. The predicted octanol–water partition coefficient (Wildman–Crippen LogP) is 1.27. The fourth-order valence-corrected chi connectivity index (χ4v) is 1.85. The summed E-state index contributed by atoms with van der Waals surface area (Å²) in [7, 11) is 4.01. The molecule has 0 saturated heterocycles. The molecule has 4 heteroatoms. The van der Waals surface area contributed by atoms with Crippen molar-refractivity contribution in [3.63, 3.8) is 0 Å². The van der Waals surface area contributed by atoms with Gasteiger partial charge in [0.15, 0.2) is 0 Å². The third-order valence-corrected chi connectivity index (χ3v) is 2.94. The molecule has 0 aliphatic heterocycles. The lowest BCUT2D eigenvalue weighted by Crippen LogP contribution is -2.49. The van der Waals surface area contributed by atoms with Gasteiger partial charge in [-0.05, 0) is 45.1 Å². The fourth-order valence-electron chi connectivity index (χ4n) is 1.85. The van der Waals surface area contributed by atoms with Crippen LogP contribution in [0.25, 0.3) is 0 Å². The van der Waals surface area contributed by atoms with Crippen molar-refractivity contribution in [3.8, 4) is 0 Å². The van der Waals surface area contributed by atoms with Crippen molar-refractivity contribution >= 4 is 0 Å². The van der Waals surface area contributed by atoms with Crippen molar-refractivity contribution in [2.75, 3.05) is 33.8 Å². The van der Waals surface area contributed by atoms with Crippen LogP contribution in [0, 0.1) is 5.82 Å². The number of rotatable bonds is 7. The largest absolute Gasteiger partial charge is 0.394 e. The number of nitrogens with zero attached hydrogens (tertiary/aromatic N) is 1. The van der Waals surface area contributed by atoms with Crippen molar-refractivity contribution in [2.24, 2.45) is 0 Å². The molecule has 0 fully saturated rings. The molecule has 1 atom stereocenters. The van der Waals surface area contributed by atoms with Crippen LogP contribution in [0.2, 0.25) is 0 Å². The van der Waals surface area contributed by atoms with E-state index in [0.717, 1.165) is 18.7 Å². The van der Waals surface area contributed by atoms with Crippen LogP contribution >= 0.6 is 0 Å². The third-order valence-electron chi connectivity index (χ3n) is 2.94. The summed E-state index contributed by atoms with van der Waals surface area (Å²) < 4.78 is 13.1. The van der Waals surface area contributed by atoms with Gasteiger partial charge in [0, 0.05) is 18.6 Å². The number of likely N-dealkylation sites (N-methyl/N-ethyl adjacent to an activating group) is 1. The van der Waals surface area contributed by atoms with Gasteiger partial charge in [0.05, 0.1) is 6.61 Å². The van der Waals surface area contributed by atoms with Crippen molar-refractivity contribution in [1.82, 2.24) is 10.2 Å². The molecule has 0 amide bonds. The van der Waals surface area contributed by atoms with Crippen molar-refractivity contribution in [2.45, 2.75) is 18.9 Å². The summed E-state index contributed by atoms with van der Waals surface area (Å²) in [6.07, 6.45) is 0.606. The van der Waals surface area contributed by atoms with E-state index < -0.39 is 5.54 Å². The Hall–Kier alpha value is -0.970. The van der Waals surface area contributed by atoms with Crippen LogP contribution in [0.3, 0.4) is 0 Å². The van der Waals surface area contributed by atoms with E-state index in [1.165, 1.54) is 12.1 Å². The lowest BCUT2D eigenvalue weighted by molar-refractivity contribution is 0.170. The number of hydrogen-bond donors (Lipinski definition) is 2. The zero-order chi connectivity index (χ0) is 13.6. The molecule has 0 saturated carbocycles. The maximum Gasteiger partial charge on any atom is 0.123 e. The highest BCUT2D eigenvalue weighted by Gasteiger charge is 2.23. The number of benzene rings is 1. The molecule has 1 rings (SSSR count). The van der Waals surface area contributed by atoms with E-state index in [4.69, 9.17) is 0 Å². The average molecular weight is 254 g/mol. The molecule has 0 aliphatic carbocycles. The summed E-state index contributed by atoms with van der Waals surface area (Å²) in [5.74, 6) is -0.235. The SMILES string of the molecule is CN(C)CCNC(C)(CO)Cc1cccc(F)c1. The summed E-state index contributed by atoms with van der Waals surface area (Å²) in [4.78, 5) is 2.08. The van der Waals surface area contributed by atoms with Crippen LogP contribution in [0.1, 0.15) is 12.5 Å². The first-order chi connectivity index (χ1) is 8.45. The highest BCUT2D eigenvalue weighted by atomic mass is 19.1. The zero-order valence-corrected chi connectivity index (χ0v) is 11.4. The maximum atomic E-state index is 13.1. The highest BCUT2D eigenvalue weighted by molar-refractivity contribution is 5.19. The van der Waals surface area contributed by atoms with Crippen LogP contribution in [0.5, 0.6) is 0 Å². The number of aliphatic hydroxyl groups excluding tert-OH is 1. The molecule has 1 unspecified atom stereocenters. The van der Waals surface area contributed by atoms with E-state index in [-0.39, 0.29) is 12.4 Å². The minimum atomic E-state index is -0.413. The second kappa shape index (κ2) is 6.83. The average Bonchev–Trinajstić information content (AvgIpc) is 2.28. The molecule has 18 heavy (non-hydrogen) atoms. The molecule has 3 nitrogen and oxygen atoms in total. The highest BCUT2D eigenvalue weighted by Crippen LogP contribution is 2.13. The summed E-state index contributed by atoms with van der Waals surface area (Å²) in [6, 6.07) is 6.52. The topological polar surface area (TPSA) is 35.5 Å². The molecule has 1 aromatic carbocycles. The van der Waals surface area contributed by atoms with Crippen LogP contribution in [-0.4, -0.2) is 49.3 Å². The van der Waals surface area contributed by atoms with Gasteiger partial charge >= 0.3 is 0 Å². The standard InChI is InChI=1S/C14H23FN2O/c1-14(11-18,16-7-8-17(2)3)10-12-5-4-6-13(15)9-12/h4-6,9,16,18H,7-8,10-11H2,1-3H3. The quantitative estimate of drug-likeness (QED) is 0.769. The summed E-state index contributed by atoms with van der Waals surface area (Å²) >= 11 is 0. The van der Waals surface area contributed by atoms with Gasteiger partial charge in [0.2, 0.25) is 0 Å². The van der Waals surface area contributed by atoms with Gasteiger partial charge < -0.3 is 15.3 Å².